The van der Waals surface area contributed by atoms with Crippen LogP contribution in [0.15, 0.2) is 24.3 Å². The van der Waals surface area contributed by atoms with E-state index in [0.29, 0.717) is 5.11 Å². The first-order valence-corrected chi connectivity index (χ1v) is 8.46. The van der Waals surface area contributed by atoms with Gasteiger partial charge < -0.3 is 15.5 Å². The van der Waals surface area contributed by atoms with E-state index in [1.165, 1.54) is 31.6 Å². The van der Waals surface area contributed by atoms with Crippen LogP contribution in [0, 0.1) is 17.7 Å². The highest BCUT2D eigenvalue weighted by Crippen LogP contribution is 2.20. The minimum Gasteiger partial charge on any atom is -0.362 e. The molecule has 0 spiro atoms. The van der Waals surface area contributed by atoms with Gasteiger partial charge in [-0.2, -0.15) is 0 Å². The van der Waals surface area contributed by atoms with Gasteiger partial charge in [-0.05, 0) is 67.7 Å². The average molecular weight is 323 g/mol. The van der Waals surface area contributed by atoms with E-state index in [-0.39, 0.29) is 5.82 Å². The molecule has 1 aromatic carbocycles. The van der Waals surface area contributed by atoms with Crippen molar-refractivity contribution in [2.45, 2.75) is 26.7 Å². The van der Waals surface area contributed by atoms with Crippen LogP contribution in [0.25, 0.3) is 0 Å². The number of hydrogen-bond donors (Lipinski definition) is 2. The maximum absolute atomic E-state index is 12.8. The number of thiocarbonyl (C=S) groups is 1. The highest BCUT2D eigenvalue weighted by Gasteiger charge is 2.20. The first kappa shape index (κ1) is 17.2. The van der Waals surface area contributed by atoms with E-state index in [1.54, 1.807) is 12.1 Å². The Bertz CT molecular complexity index is 467. The van der Waals surface area contributed by atoms with Gasteiger partial charge in [-0.25, -0.2) is 4.39 Å². The second-order valence-corrected chi connectivity index (χ2v) is 6.86. The molecule has 0 aliphatic carbocycles. The number of anilines is 1. The van der Waals surface area contributed by atoms with Crippen LogP contribution in [0.2, 0.25) is 0 Å². The summed E-state index contributed by atoms with van der Waals surface area (Å²) in [4.78, 5) is 2.55. The number of likely N-dealkylation sites (tertiary alicyclic amines) is 1. The summed E-state index contributed by atoms with van der Waals surface area (Å²) in [6.07, 6.45) is 2.42. The van der Waals surface area contributed by atoms with Crippen molar-refractivity contribution < 1.29 is 4.39 Å². The van der Waals surface area contributed by atoms with Gasteiger partial charge in [-0.1, -0.05) is 13.8 Å². The Morgan fingerprint density at radius 1 is 1.23 bits per heavy atom. The summed E-state index contributed by atoms with van der Waals surface area (Å²) < 4.78 is 12.8. The molecule has 0 saturated carbocycles. The third kappa shape index (κ3) is 5.89. The summed E-state index contributed by atoms with van der Waals surface area (Å²) in [6, 6.07) is 6.20. The van der Waals surface area contributed by atoms with Crippen LogP contribution in [-0.4, -0.2) is 36.2 Å². The summed E-state index contributed by atoms with van der Waals surface area (Å²) >= 11 is 5.25. The lowest BCUT2D eigenvalue weighted by molar-refractivity contribution is 0.140. The number of halogens is 1. The van der Waals surface area contributed by atoms with Gasteiger partial charge in [0.15, 0.2) is 5.11 Å². The molecule has 0 aromatic heterocycles. The molecule has 2 atom stereocenters. The molecule has 0 bridgehead atoms. The Balaban J connectivity index is 1.62. The van der Waals surface area contributed by atoms with Gasteiger partial charge in [0.1, 0.15) is 5.82 Å². The molecule has 2 rings (SSSR count). The molecule has 1 aromatic rings. The first-order valence-electron chi connectivity index (χ1n) is 8.05. The second kappa shape index (κ2) is 8.44. The zero-order chi connectivity index (χ0) is 15.9. The minimum absolute atomic E-state index is 0.241. The predicted octanol–water partition coefficient (Wildman–Crippen LogP) is 3.48. The maximum atomic E-state index is 12.8. The van der Waals surface area contributed by atoms with E-state index in [1.807, 2.05) is 0 Å². The van der Waals surface area contributed by atoms with Crippen LogP contribution in [-0.2, 0) is 0 Å². The standard InChI is InChI=1S/C17H26FN3S/c1-13-10-14(2)12-21(11-13)9-3-8-19-17(22)20-16-6-4-15(18)5-7-16/h4-7,13-14H,3,8-12H2,1-2H3,(H2,19,20,22)/t13-,14-/m1/s1. The second-order valence-electron chi connectivity index (χ2n) is 6.45. The number of nitrogens with one attached hydrogen (secondary N) is 2. The molecule has 3 nitrogen and oxygen atoms in total. The van der Waals surface area contributed by atoms with Crippen LogP contribution in [0.4, 0.5) is 10.1 Å². The molecule has 1 fully saturated rings. The summed E-state index contributed by atoms with van der Waals surface area (Å²) in [5.74, 6) is 1.37. The van der Waals surface area contributed by atoms with Crippen LogP contribution in [0.3, 0.4) is 0 Å². The monoisotopic (exact) mass is 323 g/mol. The lowest BCUT2D eigenvalue weighted by Crippen LogP contribution is -2.40. The number of piperidine rings is 1. The third-order valence-corrected chi connectivity index (χ3v) is 4.23. The van der Waals surface area contributed by atoms with E-state index in [2.05, 4.69) is 29.4 Å². The van der Waals surface area contributed by atoms with Crippen molar-refractivity contribution >= 4 is 23.0 Å². The fourth-order valence-corrected chi connectivity index (χ4v) is 3.41. The molecule has 22 heavy (non-hydrogen) atoms. The third-order valence-electron chi connectivity index (χ3n) is 3.98. The normalized spacial score (nSPS) is 22.3. The van der Waals surface area contributed by atoms with Crippen LogP contribution in [0.5, 0.6) is 0 Å². The van der Waals surface area contributed by atoms with Crippen molar-refractivity contribution in [2.24, 2.45) is 11.8 Å². The number of rotatable bonds is 5. The number of benzene rings is 1. The van der Waals surface area contributed by atoms with E-state index in [0.717, 1.165) is 37.0 Å². The summed E-state index contributed by atoms with van der Waals surface area (Å²) in [7, 11) is 0. The Kier molecular flexibility index (Phi) is 6.58. The van der Waals surface area contributed by atoms with Crippen molar-refractivity contribution in [2.75, 3.05) is 31.5 Å². The van der Waals surface area contributed by atoms with E-state index < -0.39 is 0 Å². The van der Waals surface area contributed by atoms with Gasteiger partial charge in [0.05, 0.1) is 0 Å². The Labute approximate surface area is 138 Å². The largest absolute Gasteiger partial charge is 0.362 e. The molecule has 0 amide bonds. The van der Waals surface area contributed by atoms with Crippen LogP contribution in [0.1, 0.15) is 26.7 Å². The van der Waals surface area contributed by atoms with Crippen molar-refractivity contribution in [1.82, 2.24) is 10.2 Å². The van der Waals surface area contributed by atoms with Crippen molar-refractivity contribution in [3.63, 3.8) is 0 Å². The van der Waals surface area contributed by atoms with Crippen LogP contribution >= 0.6 is 12.2 Å². The molecule has 1 saturated heterocycles. The summed E-state index contributed by atoms with van der Waals surface area (Å²) in [6.45, 7) is 9.06. The highest BCUT2D eigenvalue weighted by molar-refractivity contribution is 7.80. The molecular weight excluding hydrogens is 297 g/mol. The van der Waals surface area contributed by atoms with Gasteiger partial charge in [0.25, 0.3) is 0 Å². The molecule has 1 aliphatic rings. The smallest absolute Gasteiger partial charge is 0.170 e. The predicted molar refractivity (Wildman–Crippen MR) is 94.6 cm³/mol. The topological polar surface area (TPSA) is 27.3 Å². The Hall–Kier alpha value is -1.20. The SMILES string of the molecule is C[C@@H]1C[C@@H](C)CN(CCCNC(=S)Nc2ccc(F)cc2)C1. The Morgan fingerprint density at radius 3 is 2.50 bits per heavy atom. The molecular formula is C17H26FN3S. The Morgan fingerprint density at radius 2 is 1.86 bits per heavy atom. The molecule has 0 radical (unpaired) electrons. The van der Waals surface area contributed by atoms with Gasteiger partial charge in [-0.15, -0.1) is 0 Å². The molecule has 5 heteroatoms. The highest BCUT2D eigenvalue weighted by atomic mass is 32.1. The lowest BCUT2D eigenvalue weighted by atomic mass is 9.92. The van der Waals surface area contributed by atoms with Gasteiger partial charge in [0.2, 0.25) is 0 Å². The van der Waals surface area contributed by atoms with Gasteiger partial charge in [0, 0.05) is 25.3 Å². The maximum Gasteiger partial charge on any atom is 0.170 e. The van der Waals surface area contributed by atoms with Crippen molar-refractivity contribution in [3.8, 4) is 0 Å². The zero-order valence-electron chi connectivity index (χ0n) is 13.4. The summed E-state index contributed by atoms with van der Waals surface area (Å²) in [5.41, 5.74) is 0.803. The number of hydrogen-bond acceptors (Lipinski definition) is 2. The first-order chi connectivity index (χ1) is 10.5. The fourth-order valence-electron chi connectivity index (χ4n) is 3.19. The van der Waals surface area contributed by atoms with E-state index in [9.17, 15) is 4.39 Å². The van der Waals surface area contributed by atoms with Gasteiger partial charge in [-0.3, -0.25) is 0 Å². The zero-order valence-corrected chi connectivity index (χ0v) is 14.3. The fraction of sp³-hybridized carbons (Fsp3) is 0.588. The molecule has 1 heterocycles. The minimum atomic E-state index is -0.241. The molecule has 0 unspecified atom stereocenters. The molecule has 1 aliphatic heterocycles. The molecule has 122 valence electrons. The van der Waals surface area contributed by atoms with Crippen molar-refractivity contribution in [1.29, 1.82) is 0 Å². The number of nitrogens with zero attached hydrogens (tertiary/aromatic N) is 1. The average Bonchev–Trinajstić information content (AvgIpc) is 2.45. The lowest BCUT2D eigenvalue weighted by Gasteiger charge is -2.34. The summed E-state index contributed by atoms with van der Waals surface area (Å²) in [5, 5.41) is 6.86. The molecule has 2 N–H and O–H groups in total. The van der Waals surface area contributed by atoms with Crippen LogP contribution < -0.4 is 10.6 Å². The van der Waals surface area contributed by atoms with E-state index >= 15 is 0 Å². The quantitative estimate of drug-likeness (QED) is 0.641. The van der Waals surface area contributed by atoms with Gasteiger partial charge >= 0.3 is 0 Å². The van der Waals surface area contributed by atoms with Crippen molar-refractivity contribution in [3.05, 3.63) is 30.1 Å². The van der Waals surface area contributed by atoms with E-state index in [4.69, 9.17) is 12.2 Å².